The van der Waals surface area contributed by atoms with Crippen LogP contribution in [0, 0.1) is 6.92 Å². The number of hydrogen-bond donors (Lipinski definition) is 1. The Labute approximate surface area is 121 Å². The maximum Gasteiger partial charge on any atom is 0.137 e. The van der Waals surface area contributed by atoms with Crippen LogP contribution in [-0.2, 0) is 4.74 Å². The van der Waals surface area contributed by atoms with Crippen LogP contribution in [-0.4, -0.2) is 42.3 Å². The van der Waals surface area contributed by atoms with Crippen molar-refractivity contribution < 1.29 is 4.74 Å². The average molecular weight is 278 g/mol. The van der Waals surface area contributed by atoms with Gasteiger partial charge in [-0.2, -0.15) is 0 Å². The van der Waals surface area contributed by atoms with Gasteiger partial charge in [-0.15, -0.1) is 0 Å². The fourth-order valence-electron chi connectivity index (χ4n) is 2.66. The van der Waals surface area contributed by atoms with Crippen LogP contribution in [0.2, 0.25) is 0 Å². The van der Waals surface area contributed by atoms with E-state index in [0.29, 0.717) is 6.10 Å². The van der Waals surface area contributed by atoms with Gasteiger partial charge < -0.3 is 15.0 Å². The van der Waals surface area contributed by atoms with Gasteiger partial charge >= 0.3 is 0 Å². The highest BCUT2D eigenvalue weighted by Gasteiger charge is 2.23. The van der Waals surface area contributed by atoms with Gasteiger partial charge in [-0.1, -0.05) is 6.92 Å². The van der Waals surface area contributed by atoms with E-state index in [0.717, 1.165) is 62.7 Å². The monoisotopic (exact) mass is 278 g/mol. The largest absolute Gasteiger partial charge is 0.376 e. The van der Waals surface area contributed by atoms with Gasteiger partial charge in [0, 0.05) is 31.8 Å². The van der Waals surface area contributed by atoms with Crippen molar-refractivity contribution in [1.82, 2.24) is 9.97 Å². The molecular formula is C15H26N4O. The molecule has 0 radical (unpaired) electrons. The quantitative estimate of drug-likeness (QED) is 0.867. The summed E-state index contributed by atoms with van der Waals surface area (Å²) in [7, 11) is 0. The number of rotatable bonds is 6. The molecule has 5 heteroatoms. The van der Waals surface area contributed by atoms with Gasteiger partial charge in [-0.3, -0.25) is 0 Å². The summed E-state index contributed by atoms with van der Waals surface area (Å²) in [5.74, 6) is 1.98. The Morgan fingerprint density at radius 2 is 2.25 bits per heavy atom. The van der Waals surface area contributed by atoms with Gasteiger partial charge in [0.25, 0.3) is 0 Å². The molecule has 0 saturated carbocycles. The van der Waals surface area contributed by atoms with Crippen molar-refractivity contribution in [2.24, 2.45) is 0 Å². The molecule has 0 amide bonds. The first-order valence-electron chi connectivity index (χ1n) is 7.68. The Kier molecular flexibility index (Phi) is 5.59. The number of ether oxygens (including phenoxy) is 1. The Balaban J connectivity index is 2.08. The van der Waals surface area contributed by atoms with Crippen LogP contribution >= 0.6 is 0 Å². The summed E-state index contributed by atoms with van der Waals surface area (Å²) < 4.78 is 5.90. The molecular weight excluding hydrogens is 252 g/mol. The number of piperidine rings is 1. The predicted octanol–water partition coefficient (Wildman–Crippen LogP) is 2.61. The van der Waals surface area contributed by atoms with E-state index in [1.165, 1.54) is 0 Å². The van der Waals surface area contributed by atoms with Crippen LogP contribution in [0.3, 0.4) is 0 Å². The smallest absolute Gasteiger partial charge is 0.137 e. The van der Waals surface area contributed by atoms with Crippen molar-refractivity contribution in [3.05, 3.63) is 11.9 Å². The molecule has 1 atom stereocenters. The van der Waals surface area contributed by atoms with Crippen molar-refractivity contribution in [2.75, 3.05) is 36.5 Å². The van der Waals surface area contributed by atoms with Crippen LogP contribution in [0.1, 0.15) is 38.7 Å². The summed E-state index contributed by atoms with van der Waals surface area (Å²) in [5.41, 5.74) is 1.13. The first-order chi connectivity index (χ1) is 9.76. The molecule has 5 nitrogen and oxygen atoms in total. The average Bonchev–Trinajstić information content (AvgIpc) is 2.48. The summed E-state index contributed by atoms with van der Waals surface area (Å²) in [6.07, 6.45) is 5.38. The lowest BCUT2D eigenvalue weighted by molar-refractivity contribution is 0.0439. The van der Waals surface area contributed by atoms with E-state index in [4.69, 9.17) is 4.74 Å². The lowest BCUT2D eigenvalue weighted by atomic mass is 10.1. The SMILES string of the molecule is CCCOC1CCCN(c2ncnc(NCC)c2C)C1. The van der Waals surface area contributed by atoms with Gasteiger partial charge in [0.05, 0.1) is 6.10 Å². The first-order valence-corrected chi connectivity index (χ1v) is 7.68. The van der Waals surface area contributed by atoms with Gasteiger partial charge in [0.15, 0.2) is 0 Å². The van der Waals surface area contributed by atoms with Crippen LogP contribution < -0.4 is 10.2 Å². The van der Waals surface area contributed by atoms with Crippen molar-refractivity contribution >= 4 is 11.6 Å². The predicted molar refractivity (Wildman–Crippen MR) is 82.4 cm³/mol. The Morgan fingerprint density at radius 3 is 3.00 bits per heavy atom. The highest BCUT2D eigenvalue weighted by atomic mass is 16.5. The van der Waals surface area contributed by atoms with E-state index in [-0.39, 0.29) is 0 Å². The Bertz CT molecular complexity index is 424. The molecule has 1 aromatic rings. The van der Waals surface area contributed by atoms with Crippen LogP contribution in [0.4, 0.5) is 11.6 Å². The van der Waals surface area contributed by atoms with Crippen molar-refractivity contribution in [3.8, 4) is 0 Å². The maximum atomic E-state index is 5.90. The van der Waals surface area contributed by atoms with E-state index in [2.05, 4.69) is 41.0 Å². The second-order valence-corrected chi connectivity index (χ2v) is 5.28. The van der Waals surface area contributed by atoms with Crippen molar-refractivity contribution in [2.45, 2.75) is 46.1 Å². The lowest BCUT2D eigenvalue weighted by Crippen LogP contribution is -2.40. The Hall–Kier alpha value is -1.36. The topological polar surface area (TPSA) is 50.3 Å². The van der Waals surface area contributed by atoms with Crippen LogP contribution in [0.25, 0.3) is 0 Å². The van der Waals surface area contributed by atoms with E-state index in [1.54, 1.807) is 6.33 Å². The van der Waals surface area contributed by atoms with Gasteiger partial charge in [-0.05, 0) is 33.1 Å². The molecule has 1 aliphatic rings. The highest BCUT2D eigenvalue weighted by molar-refractivity contribution is 5.58. The number of anilines is 2. The first kappa shape index (κ1) is 15.0. The molecule has 20 heavy (non-hydrogen) atoms. The summed E-state index contributed by atoms with van der Waals surface area (Å²) in [4.78, 5) is 11.1. The molecule has 0 bridgehead atoms. The zero-order valence-corrected chi connectivity index (χ0v) is 12.9. The second-order valence-electron chi connectivity index (χ2n) is 5.28. The molecule has 1 unspecified atom stereocenters. The Morgan fingerprint density at radius 1 is 1.40 bits per heavy atom. The summed E-state index contributed by atoms with van der Waals surface area (Å²) in [6.45, 7) is 10.0. The number of aromatic nitrogens is 2. The zero-order chi connectivity index (χ0) is 14.4. The second kappa shape index (κ2) is 7.43. The molecule has 0 spiro atoms. The third kappa shape index (κ3) is 3.60. The lowest BCUT2D eigenvalue weighted by Gasteiger charge is -2.34. The van der Waals surface area contributed by atoms with Gasteiger partial charge in [0.2, 0.25) is 0 Å². The number of nitrogens with one attached hydrogen (secondary N) is 1. The normalized spacial score (nSPS) is 19.1. The zero-order valence-electron chi connectivity index (χ0n) is 12.9. The highest BCUT2D eigenvalue weighted by Crippen LogP contribution is 2.25. The minimum Gasteiger partial charge on any atom is -0.376 e. The fourth-order valence-corrected chi connectivity index (χ4v) is 2.66. The maximum absolute atomic E-state index is 5.90. The van der Waals surface area contributed by atoms with Crippen LogP contribution in [0.15, 0.2) is 6.33 Å². The molecule has 1 fully saturated rings. The molecule has 2 heterocycles. The fraction of sp³-hybridized carbons (Fsp3) is 0.733. The molecule has 1 N–H and O–H groups in total. The molecule has 0 aromatic carbocycles. The third-order valence-electron chi connectivity index (χ3n) is 3.64. The van der Waals surface area contributed by atoms with Gasteiger partial charge in [0.1, 0.15) is 18.0 Å². The third-order valence-corrected chi connectivity index (χ3v) is 3.64. The van der Waals surface area contributed by atoms with E-state index in [1.807, 2.05) is 0 Å². The molecule has 1 saturated heterocycles. The van der Waals surface area contributed by atoms with Crippen LogP contribution in [0.5, 0.6) is 0 Å². The summed E-state index contributed by atoms with van der Waals surface area (Å²) in [5, 5.41) is 3.29. The van der Waals surface area contributed by atoms with Gasteiger partial charge in [-0.25, -0.2) is 9.97 Å². The minimum absolute atomic E-state index is 0.334. The molecule has 1 aliphatic heterocycles. The molecule has 0 aliphatic carbocycles. The summed E-state index contributed by atoms with van der Waals surface area (Å²) in [6, 6.07) is 0. The minimum atomic E-state index is 0.334. The molecule has 1 aromatic heterocycles. The standard InChI is InChI=1S/C15H26N4O/c1-4-9-20-13-7-6-8-19(10-13)15-12(3)14(16-5-2)17-11-18-15/h11,13H,4-10H2,1-3H3,(H,16,17,18). The number of hydrogen-bond acceptors (Lipinski definition) is 5. The van der Waals surface area contributed by atoms with Crippen molar-refractivity contribution in [3.63, 3.8) is 0 Å². The molecule has 112 valence electrons. The number of nitrogens with zero attached hydrogens (tertiary/aromatic N) is 3. The van der Waals surface area contributed by atoms with E-state index < -0.39 is 0 Å². The summed E-state index contributed by atoms with van der Waals surface area (Å²) >= 11 is 0. The van der Waals surface area contributed by atoms with Crippen molar-refractivity contribution in [1.29, 1.82) is 0 Å². The van der Waals surface area contributed by atoms with E-state index in [9.17, 15) is 0 Å². The van der Waals surface area contributed by atoms with E-state index >= 15 is 0 Å². The molecule has 2 rings (SSSR count).